The SMILES string of the molecule is Cc1nc(N2CCn3cnnc3C2)ccc1N. The quantitative estimate of drug-likeness (QED) is 0.776. The summed E-state index contributed by atoms with van der Waals surface area (Å²) in [6.07, 6.45) is 1.77. The molecule has 0 amide bonds. The Labute approximate surface area is 99.1 Å². The minimum atomic E-state index is 0.730. The van der Waals surface area contributed by atoms with Gasteiger partial charge in [-0.3, -0.25) is 0 Å². The van der Waals surface area contributed by atoms with Crippen molar-refractivity contribution in [2.24, 2.45) is 0 Å². The first-order valence-electron chi connectivity index (χ1n) is 5.59. The zero-order valence-electron chi connectivity index (χ0n) is 9.67. The second kappa shape index (κ2) is 3.73. The van der Waals surface area contributed by atoms with Crippen LogP contribution in [0.4, 0.5) is 11.5 Å². The fourth-order valence-corrected chi connectivity index (χ4v) is 2.00. The Balaban J connectivity index is 1.89. The normalized spacial score (nSPS) is 14.8. The van der Waals surface area contributed by atoms with Crippen LogP contribution in [0, 0.1) is 6.92 Å². The molecule has 0 spiro atoms. The lowest BCUT2D eigenvalue weighted by molar-refractivity contribution is 0.556. The molecule has 1 aliphatic heterocycles. The van der Waals surface area contributed by atoms with Crippen molar-refractivity contribution >= 4 is 11.5 Å². The molecule has 0 unspecified atom stereocenters. The van der Waals surface area contributed by atoms with Gasteiger partial charge in [0.05, 0.1) is 17.9 Å². The number of aromatic nitrogens is 4. The van der Waals surface area contributed by atoms with Gasteiger partial charge in [0.15, 0.2) is 5.82 Å². The van der Waals surface area contributed by atoms with E-state index in [-0.39, 0.29) is 0 Å². The van der Waals surface area contributed by atoms with Gasteiger partial charge >= 0.3 is 0 Å². The summed E-state index contributed by atoms with van der Waals surface area (Å²) in [5.74, 6) is 1.93. The van der Waals surface area contributed by atoms with Crippen molar-refractivity contribution in [3.8, 4) is 0 Å². The van der Waals surface area contributed by atoms with E-state index in [0.717, 1.165) is 42.7 Å². The molecule has 0 bridgehead atoms. The molecule has 0 fully saturated rings. The van der Waals surface area contributed by atoms with Gasteiger partial charge in [-0.25, -0.2) is 4.98 Å². The van der Waals surface area contributed by atoms with Gasteiger partial charge in [-0.15, -0.1) is 10.2 Å². The highest BCUT2D eigenvalue weighted by Crippen LogP contribution is 2.20. The van der Waals surface area contributed by atoms with E-state index >= 15 is 0 Å². The topological polar surface area (TPSA) is 72.9 Å². The highest BCUT2D eigenvalue weighted by molar-refractivity contribution is 5.50. The Morgan fingerprint density at radius 2 is 2.18 bits per heavy atom. The van der Waals surface area contributed by atoms with Crippen molar-refractivity contribution in [2.75, 3.05) is 17.2 Å². The smallest absolute Gasteiger partial charge is 0.152 e. The van der Waals surface area contributed by atoms with Crippen molar-refractivity contribution < 1.29 is 0 Å². The van der Waals surface area contributed by atoms with Gasteiger partial charge in [0, 0.05) is 13.1 Å². The molecule has 0 radical (unpaired) electrons. The number of hydrogen-bond donors (Lipinski definition) is 1. The maximum absolute atomic E-state index is 5.77. The Kier molecular flexibility index (Phi) is 2.21. The number of nitrogens with two attached hydrogens (primary N) is 1. The number of nitrogen functional groups attached to an aromatic ring is 1. The van der Waals surface area contributed by atoms with Crippen molar-refractivity contribution in [3.05, 3.63) is 30.0 Å². The summed E-state index contributed by atoms with van der Waals surface area (Å²) in [6, 6.07) is 3.85. The van der Waals surface area contributed by atoms with Gasteiger partial charge in [-0.2, -0.15) is 0 Å². The maximum Gasteiger partial charge on any atom is 0.152 e. The molecule has 17 heavy (non-hydrogen) atoms. The lowest BCUT2D eigenvalue weighted by Gasteiger charge is -2.28. The molecule has 0 aromatic carbocycles. The molecule has 2 aromatic heterocycles. The monoisotopic (exact) mass is 230 g/mol. The number of anilines is 2. The second-order valence-electron chi connectivity index (χ2n) is 4.21. The summed E-state index contributed by atoms with van der Waals surface area (Å²) in [5, 5.41) is 8.00. The molecule has 1 aliphatic rings. The van der Waals surface area contributed by atoms with E-state index in [1.54, 1.807) is 6.33 Å². The average molecular weight is 230 g/mol. The first-order chi connectivity index (χ1) is 8.24. The van der Waals surface area contributed by atoms with Crippen molar-refractivity contribution in [2.45, 2.75) is 20.0 Å². The van der Waals surface area contributed by atoms with Crippen LogP contribution < -0.4 is 10.6 Å². The molecule has 0 aliphatic carbocycles. The summed E-state index contributed by atoms with van der Waals surface area (Å²) in [7, 11) is 0. The van der Waals surface area contributed by atoms with E-state index in [1.165, 1.54) is 0 Å². The maximum atomic E-state index is 5.77. The fraction of sp³-hybridized carbons (Fsp3) is 0.364. The van der Waals surface area contributed by atoms with E-state index in [1.807, 2.05) is 19.1 Å². The van der Waals surface area contributed by atoms with Crippen molar-refractivity contribution in [1.82, 2.24) is 19.7 Å². The van der Waals surface area contributed by atoms with Gasteiger partial charge in [0.2, 0.25) is 0 Å². The first-order valence-corrected chi connectivity index (χ1v) is 5.59. The zero-order valence-corrected chi connectivity index (χ0v) is 9.67. The standard InChI is InChI=1S/C11H14N6/c1-8-9(12)2-3-10(14-8)16-4-5-17-7-13-15-11(17)6-16/h2-3,7H,4-6,12H2,1H3. The van der Waals surface area contributed by atoms with Crippen LogP contribution in [0.2, 0.25) is 0 Å². The molecule has 6 nitrogen and oxygen atoms in total. The van der Waals surface area contributed by atoms with Crippen LogP contribution in [0.5, 0.6) is 0 Å². The number of fused-ring (bicyclic) bond motifs is 1. The third-order valence-electron chi connectivity index (χ3n) is 3.07. The number of pyridine rings is 1. The van der Waals surface area contributed by atoms with E-state index in [0.29, 0.717) is 0 Å². The van der Waals surface area contributed by atoms with Crippen LogP contribution in [0.3, 0.4) is 0 Å². The molecule has 2 N–H and O–H groups in total. The third-order valence-corrected chi connectivity index (χ3v) is 3.07. The summed E-state index contributed by atoms with van der Waals surface area (Å²) >= 11 is 0. The Morgan fingerprint density at radius 1 is 1.29 bits per heavy atom. The number of hydrogen-bond acceptors (Lipinski definition) is 5. The van der Waals surface area contributed by atoms with Crippen LogP contribution in [0.25, 0.3) is 0 Å². The fourth-order valence-electron chi connectivity index (χ4n) is 2.00. The first kappa shape index (κ1) is 10.1. The highest BCUT2D eigenvalue weighted by atomic mass is 15.3. The van der Waals surface area contributed by atoms with Crippen molar-refractivity contribution in [1.29, 1.82) is 0 Å². The minimum Gasteiger partial charge on any atom is -0.397 e. The summed E-state index contributed by atoms with van der Waals surface area (Å²) in [4.78, 5) is 6.69. The predicted molar refractivity (Wildman–Crippen MR) is 64.5 cm³/mol. The molecule has 2 aromatic rings. The summed E-state index contributed by atoms with van der Waals surface area (Å²) in [6.45, 7) is 4.48. The molecule has 88 valence electrons. The van der Waals surface area contributed by atoms with Gasteiger partial charge < -0.3 is 15.2 Å². The lowest BCUT2D eigenvalue weighted by Crippen LogP contribution is -2.34. The lowest BCUT2D eigenvalue weighted by atomic mass is 10.3. The summed E-state index contributed by atoms with van der Waals surface area (Å²) < 4.78 is 2.07. The van der Waals surface area contributed by atoms with Gasteiger partial charge in [0.25, 0.3) is 0 Å². The van der Waals surface area contributed by atoms with E-state index in [9.17, 15) is 0 Å². The second-order valence-corrected chi connectivity index (χ2v) is 4.21. The highest BCUT2D eigenvalue weighted by Gasteiger charge is 2.18. The van der Waals surface area contributed by atoms with Crippen LogP contribution in [0.1, 0.15) is 11.5 Å². The predicted octanol–water partition coefficient (Wildman–Crippen LogP) is 0.584. The Hall–Kier alpha value is -2.11. The molecule has 3 heterocycles. The number of nitrogens with zero attached hydrogens (tertiary/aromatic N) is 5. The van der Waals surface area contributed by atoms with Crippen LogP contribution in [-0.2, 0) is 13.1 Å². The zero-order chi connectivity index (χ0) is 11.8. The molecular weight excluding hydrogens is 216 g/mol. The number of aryl methyl sites for hydroxylation is 1. The van der Waals surface area contributed by atoms with E-state index in [4.69, 9.17) is 5.73 Å². The van der Waals surface area contributed by atoms with Crippen LogP contribution >= 0.6 is 0 Å². The molecule has 6 heteroatoms. The number of rotatable bonds is 1. The third kappa shape index (κ3) is 1.71. The molecule has 0 atom stereocenters. The molecule has 0 saturated heterocycles. The largest absolute Gasteiger partial charge is 0.397 e. The molecule has 0 saturated carbocycles. The average Bonchev–Trinajstić information content (AvgIpc) is 2.79. The summed E-state index contributed by atoms with van der Waals surface area (Å²) in [5.41, 5.74) is 7.37. The Morgan fingerprint density at radius 3 is 3.00 bits per heavy atom. The van der Waals surface area contributed by atoms with Crippen LogP contribution in [0.15, 0.2) is 18.5 Å². The minimum absolute atomic E-state index is 0.730. The van der Waals surface area contributed by atoms with Crippen LogP contribution in [-0.4, -0.2) is 26.3 Å². The Bertz CT molecular complexity index is 547. The van der Waals surface area contributed by atoms with E-state index < -0.39 is 0 Å². The van der Waals surface area contributed by atoms with Crippen molar-refractivity contribution in [3.63, 3.8) is 0 Å². The van der Waals surface area contributed by atoms with Gasteiger partial charge in [-0.05, 0) is 19.1 Å². The molecule has 3 rings (SSSR count). The van der Waals surface area contributed by atoms with Gasteiger partial charge in [-0.1, -0.05) is 0 Å². The van der Waals surface area contributed by atoms with Gasteiger partial charge in [0.1, 0.15) is 12.1 Å². The molecular formula is C11H14N6. The van der Waals surface area contributed by atoms with E-state index in [2.05, 4.69) is 24.6 Å².